The number of carbonyl (C=O) groups is 1. The number of carbonyl (C=O) groups excluding carboxylic acids is 1. The predicted octanol–water partition coefficient (Wildman–Crippen LogP) is 2.51. The molecule has 0 bridgehead atoms. The van der Waals surface area contributed by atoms with Gasteiger partial charge in [-0.1, -0.05) is 6.92 Å². The minimum absolute atomic E-state index is 0. The van der Waals surface area contributed by atoms with Gasteiger partial charge in [-0.25, -0.2) is 4.79 Å². The average molecular weight is 495 g/mol. The van der Waals surface area contributed by atoms with Crippen LogP contribution < -0.4 is 10.6 Å². The molecule has 0 saturated carbocycles. The predicted molar refractivity (Wildman–Crippen MR) is 121 cm³/mol. The third kappa shape index (κ3) is 8.41. The first-order chi connectivity index (χ1) is 12.3. The van der Waals surface area contributed by atoms with Gasteiger partial charge < -0.3 is 25.2 Å². The number of rotatable bonds is 6. The van der Waals surface area contributed by atoms with Gasteiger partial charge in [0.05, 0.1) is 6.04 Å². The van der Waals surface area contributed by atoms with Crippen LogP contribution in [0, 0.1) is 5.92 Å². The van der Waals surface area contributed by atoms with Crippen molar-refractivity contribution in [1.29, 1.82) is 0 Å². The number of amides is 1. The minimum Gasteiger partial charge on any atom is -0.444 e. The van der Waals surface area contributed by atoms with Crippen LogP contribution in [-0.4, -0.2) is 79.3 Å². The Morgan fingerprint density at radius 2 is 1.93 bits per heavy atom. The largest absolute Gasteiger partial charge is 0.444 e. The number of ether oxygens (including phenoxy) is 1. The Hall–Kier alpha value is -0.770. The van der Waals surface area contributed by atoms with E-state index in [1.165, 1.54) is 25.9 Å². The van der Waals surface area contributed by atoms with Crippen molar-refractivity contribution in [2.75, 3.05) is 45.8 Å². The second-order valence-corrected chi connectivity index (χ2v) is 8.40. The van der Waals surface area contributed by atoms with Crippen molar-refractivity contribution in [1.82, 2.24) is 20.4 Å². The lowest BCUT2D eigenvalue weighted by Crippen LogP contribution is -2.63. The van der Waals surface area contributed by atoms with Gasteiger partial charge in [0.1, 0.15) is 5.60 Å². The zero-order valence-corrected chi connectivity index (χ0v) is 19.9. The van der Waals surface area contributed by atoms with Crippen LogP contribution in [0.2, 0.25) is 0 Å². The van der Waals surface area contributed by atoms with Gasteiger partial charge in [-0.05, 0) is 59.5 Å². The van der Waals surface area contributed by atoms with Crippen LogP contribution in [0.1, 0.15) is 47.5 Å². The zero-order chi connectivity index (χ0) is 19.2. The topological polar surface area (TPSA) is 69.2 Å². The van der Waals surface area contributed by atoms with Crippen molar-refractivity contribution in [3.8, 4) is 0 Å². The van der Waals surface area contributed by atoms with Gasteiger partial charge in [0, 0.05) is 32.7 Å². The van der Waals surface area contributed by atoms with Crippen molar-refractivity contribution >= 4 is 36.0 Å². The Balaban J connectivity index is 0.00000364. The SMILES string of the molecule is CCCN1CCC(CN=C(NCC)NC2CN(C(=O)OC(C)(C)C)C2)C1.I. The molecule has 2 fully saturated rings. The van der Waals surface area contributed by atoms with Crippen molar-refractivity contribution < 1.29 is 9.53 Å². The summed E-state index contributed by atoms with van der Waals surface area (Å²) in [6.07, 6.45) is 2.22. The standard InChI is InChI=1S/C19H37N5O2.HI/c1-6-9-23-10-8-15(12-23)11-21-17(20-7-2)22-16-13-24(14-16)18(25)26-19(3,4)5;/h15-16H,6-14H2,1-5H3,(H2,20,21,22);1H. The van der Waals surface area contributed by atoms with E-state index in [4.69, 9.17) is 9.73 Å². The summed E-state index contributed by atoms with van der Waals surface area (Å²) in [4.78, 5) is 21.0. The summed E-state index contributed by atoms with van der Waals surface area (Å²) in [5, 5.41) is 6.75. The Kier molecular flexibility index (Phi) is 10.1. The molecule has 27 heavy (non-hydrogen) atoms. The fraction of sp³-hybridized carbons (Fsp3) is 0.895. The molecular formula is C19H38IN5O2. The number of likely N-dealkylation sites (tertiary alicyclic amines) is 2. The van der Waals surface area contributed by atoms with E-state index in [1.807, 2.05) is 20.8 Å². The number of guanidine groups is 1. The third-order valence-electron chi connectivity index (χ3n) is 4.64. The van der Waals surface area contributed by atoms with E-state index in [2.05, 4.69) is 29.4 Å². The van der Waals surface area contributed by atoms with Crippen molar-refractivity contribution in [3.05, 3.63) is 0 Å². The fourth-order valence-corrected chi connectivity index (χ4v) is 3.36. The van der Waals surface area contributed by atoms with Gasteiger partial charge in [0.2, 0.25) is 0 Å². The van der Waals surface area contributed by atoms with Crippen LogP contribution >= 0.6 is 24.0 Å². The first kappa shape index (κ1) is 24.3. The molecular weight excluding hydrogens is 457 g/mol. The van der Waals surface area contributed by atoms with Gasteiger partial charge in [-0.2, -0.15) is 0 Å². The molecule has 2 heterocycles. The molecule has 1 amide bonds. The number of aliphatic imine (C=N–C) groups is 1. The summed E-state index contributed by atoms with van der Waals surface area (Å²) in [5.41, 5.74) is -0.446. The van der Waals surface area contributed by atoms with E-state index >= 15 is 0 Å². The van der Waals surface area contributed by atoms with E-state index in [0.717, 1.165) is 25.6 Å². The first-order valence-electron chi connectivity index (χ1n) is 10.1. The summed E-state index contributed by atoms with van der Waals surface area (Å²) in [6, 6.07) is 0.237. The summed E-state index contributed by atoms with van der Waals surface area (Å²) >= 11 is 0. The van der Waals surface area contributed by atoms with Gasteiger partial charge in [-0.3, -0.25) is 4.99 Å². The molecule has 0 spiro atoms. The highest BCUT2D eigenvalue weighted by molar-refractivity contribution is 14.0. The van der Waals surface area contributed by atoms with E-state index in [1.54, 1.807) is 4.90 Å². The van der Waals surface area contributed by atoms with Crippen LogP contribution in [-0.2, 0) is 4.74 Å². The van der Waals surface area contributed by atoms with Gasteiger partial charge >= 0.3 is 6.09 Å². The Bertz CT molecular complexity index is 489. The van der Waals surface area contributed by atoms with Crippen LogP contribution in [0.25, 0.3) is 0 Å². The summed E-state index contributed by atoms with van der Waals surface area (Å²) in [5.74, 6) is 1.51. The van der Waals surface area contributed by atoms with Crippen molar-refractivity contribution in [2.45, 2.75) is 59.1 Å². The van der Waals surface area contributed by atoms with Crippen molar-refractivity contribution in [3.63, 3.8) is 0 Å². The average Bonchev–Trinajstić information content (AvgIpc) is 2.94. The van der Waals surface area contributed by atoms with Crippen molar-refractivity contribution in [2.24, 2.45) is 10.9 Å². The number of nitrogens with one attached hydrogen (secondary N) is 2. The highest BCUT2D eigenvalue weighted by Gasteiger charge is 2.34. The molecule has 2 saturated heterocycles. The van der Waals surface area contributed by atoms with E-state index in [-0.39, 0.29) is 36.1 Å². The highest BCUT2D eigenvalue weighted by atomic mass is 127. The molecule has 8 heteroatoms. The summed E-state index contributed by atoms with van der Waals surface area (Å²) in [6.45, 7) is 16.5. The maximum atomic E-state index is 12.0. The molecule has 2 N–H and O–H groups in total. The molecule has 0 radical (unpaired) electrons. The molecule has 7 nitrogen and oxygen atoms in total. The molecule has 0 aliphatic carbocycles. The maximum absolute atomic E-state index is 12.0. The molecule has 0 aromatic carbocycles. The quantitative estimate of drug-likeness (QED) is 0.337. The highest BCUT2D eigenvalue weighted by Crippen LogP contribution is 2.17. The molecule has 2 rings (SSSR count). The van der Waals surface area contributed by atoms with Crippen LogP contribution in [0.15, 0.2) is 4.99 Å². The fourth-order valence-electron chi connectivity index (χ4n) is 3.36. The van der Waals surface area contributed by atoms with Gasteiger partial charge in [-0.15, -0.1) is 24.0 Å². The number of nitrogens with zero attached hydrogens (tertiary/aromatic N) is 3. The molecule has 158 valence electrons. The second kappa shape index (κ2) is 11.3. The van der Waals surface area contributed by atoms with E-state index < -0.39 is 5.60 Å². The monoisotopic (exact) mass is 495 g/mol. The number of halogens is 1. The number of hydrogen-bond donors (Lipinski definition) is 2. The normalized spacial score (nSPS) is 21.4. The lowest BCUT2D eigenvalue weighted by atomic mass is 10.1. The number of hydrogen-bond acceptors (Lipinski definition) is 4. The van der Waals surface area contributed by atoms with Crippen LogP contribution in [0.4, 0.5) is 4.79 Å². The smallest absolute Gasteiger partial charge is 0.410 e. The van der Waals surface area contributed by atoms with Crippen LogP contribution in [0.3, 0.4) is 0 Å². The summed E-state index contributed by atoms with van der Waals surface area (Å²) < 4.78 is 5.40. The minimum atomic E-state index is -0.446. The lowest BCUT2D eigenvalue weighted by Gasteiger charge is -2.40. The van der Waals surface area contributed by atoms with E-state index in [9.17, 15) is 4.79 Å². The Morgan fingerprint density at radius 1 is 1.22 bits per heavy atom. The van der Waals surface area contributed by atoms with Gasteiger partial charge in [0.25, 0.3) is 0 Å². The Labute approximate surface area is 181 Å². The maximum Gasteiger partial charge on any atom is 0.410 e. The molecule has 0 aromatic heterocycles. The van der Waals surface area contributed by atoms with E-state index in [0.29, 0.717) is 19.0 Å². The third-order valence-corrected chi connectivity index (χ3v) is 4.64. The lowest BCUT2D eigenvalue weighted by molar-refractivity contribution is 0.00700. The molecule has 0 aromatic rings. The summed E-state index contributed by atoms with van der Waals surface area (Å²) in [7, 11) is 0. The van der Waals surface area contributed by atoms with Gasteiger partial charge in [0.15, 0.2) is 5.96 Å². The Morgan fingerprint density at radius 3 is 2.52 bits per heavy atom. The second-order valence-electron chi connectivity index (χ2n) is 8.40. The molecule has 1 unspecified atom stereocenters. The molecule has 2 aliphatic rings. The first-order valence-corrected chi connectivity index (χ1v) is 10.1. The zero-order valence-electron chi connectivity index (χ0n) is 17.6. The molecule has 1 atom stereocenters. The van der Waals surface area contributed by atoms with Crippen LogP contribution in [0.5, 0.6) is 0 Å². The molecule has 2 aliphatic heterocycles.